The van der Waals surface area contributed by atoms with Gasteiger partial charge < -0.3 is 9.80 Å². The second-order valence-electron chi connectivity index (χ2n) is 10.3. The number of piperazine rings is 1. The number of hydrogen-bond acceptors (Lipinski definition) is 9. The van der Waals surface area contributed by atoms with Gasteiger partial charge in [-0.25, -0.2) is 26.6 Å². The zero-order chi connectivity index (χ0) is 29.5. The van der Waals surface area contributed by atoms with Crippen LogP contribution in [0.3, 0.4) is 0 Å². The van der Waals surface area contributed by atoms with E-state index in [0.717, 1.165) is 24.4 Å². The molecular weight excluding hydrogens is 623 g/mol. The first-order valence-electron chi connectivity index (χ1n) is 12.6. The van der Waals surface area contributed by atoms with E-state index in [9.17, 15) is 25.6 Å². The number of sulfone groups is 1. The van der Waals surface area contributed by atoms with Crippen LogP contribution in [0, 0.1) is 17.5 Å². The number of halogens is 4. The molecule has 0 N–H and O–H groups in total. The maximum atomic E-state index is 15.3. The van der Waals surface area contributed by atoms with Gasteiger partial charge in [-0.15, -0.1) is 20.5 Å². The van der Waals surface area contributed by atoms with Crippen LogP contribution in [-0.4, -0.2) is 61.4 Å². The number of pyridine rings is 1. The van der Waals surface area contributed by atoms with Crippen molar-refractivity contribution in [3.8, 4) is 0 Å². The maximum absolute atomic E-state index is 15.3. The number of rotatable bonds is 6. The zero-order valence-corrected chi connectivity index (χ0v) is 24.9. The van der Waals surface area contributed by atoms with E-state index in [2.05, 4.69) is 10.1 Å². The molecule has 16 heteroatoms. The highest BCUT2D eigenvalue weighted by Crippen LogP contribution is 2.49. The number of hydrogen-bond donors (Lipinski definition) is 0. The second-order valence-corrected chi connectivity index (χ2v) is 16.6. The number of benzene rings is 1. The van der Waals surface area contributed by atoms with Gasteiger partial charge >= 0.3 is 0 Å². The predicted molar refractivity (Wildman–Crippen MR) is 150 cm³/mol. The van der Waals surface area contributed by atoms with Crippen molar-refractivity contribution in [2.24, 2.45) is 0 Å². The number of nitrogens with zero attached hydrogens (tertiary/aromatic N) is 5. The molecule has 1 aromatic carbocycles. The Morgan fingerprint density at radius 3 is 2.34 bits per heavy atom. The van der Waals surface area contributed by atoms with Crippen LogP contribution in [0.4, 0.5) is 24.8 Å². The van der Waals surface area contributed by atoms with Gasteiger partial charge in [-0.2, -0.15) is 8.42 Å². The standard InChI is InChI=1S/C25H23ClF3N5O4S3/c1-14(2)40(35,36)19-5-6-20(39-19)41(37,38)34-22-17(28)4-3-16(26)21(22)24(31-34)33-10-9-32(13-25(33)7-8-25)23-18(29)11-15(27)12-30-23/h3-6,11-12,14H,7-10,13H2,1-2H3. The summed E-state index contributed by atoms with van der Waals surface area (Å²) >= 11 is 7.08. The Morgan fingerprint density at radius 1 is 0.976 bits per heavy atom. The summed E-state index contributed by atoms with van der Waals surface area (Å²) in [6.07, 6.45) is 2.25. The van der Waals surface area contributed by atoms with E-state index >= 15 is 4.39 Å². The van der Waals surface area contributed by atoms with E-state index in [1.807, 2.05) is 4.90 Å². The van der Waals surface area contributed by atoms with E-state index in [0.29, 0.717) is 28.3 Å². The molecule has 1 aliphatic heterocycles. The lowest BCUT2D eigenvalue weighted by Crippen LogP contribution is -2.56. The third kappa shape index (κ3) is 4.48. The molecule has 9 nitrogen and oxygen atoms in total. The van der Waals surface area contributed by atoms with Gasteiger partial charge in [-0.3, -0.25) is 0 Å². The predicted octanol–water partition coefficient (Wildman–Crippen LogP) is 4.84. The fourth-order valence-corrected chi connectivity index (χ4v) is 9.92. The molecule has 0 amide bonds. The molecule has 2 aliphatic rings. The van der Waals surface area contributed by atoms with Crippen LogP contribution in [-0.2, 0) is 19.9 Å². The molecule has 2 fully saturated rings. The smallest absolute Gasteiger partial charge is 0.293 e. The zero-order valence-electron chi connectivity index (χ0n) is 21.7. The Bertz CT molecular complexity index is 1920. The van der Waals surface area contributed by atoms with Crippen LogP contribution < -0.4 is 9.80 Å². The van der Waals surface area contributed by atoms with E-state index in [-0.39, 0.29) is 55.6 Å². The average molecular weight is 646 g/mol. The van der Waals surface area contributed by atoms with Crippen molar-refractivity contribution in [2.45, 2.75) is 45.9 Å². The van der Waals surface area contributed by atoms with Gasteiger partial charge in [0, 0.05) is 25.7 Å². The first kappa shape index (κ1) is 28.2. The van der Waals surface area contributed by atoms with Crippen LogP contribution in [0.15, 0.2) is 44.9 Å². The minimum absolute atomic E-state index is 0.00390. The minimum Gasteiger partial charge on any atom is -0.350 e. The summed E-state index contributed by atoms with van der Waals surface area (Å²) in [6, 6.07) is 5.49. The normalized spacial score (nSPS) is 17.2. The summed E-state index contributed by atoms with van der Waals surface area (Å²) in [6.45, 7) is 3.75. The van der Waals surface area contributed by atoms with E-state index in [1.54, 1.807) is 4.90 Å². The quantitative estimate of drug-likeness (QED) is 0.293. The monoisotopic (exact) mass is 645 g/mol. The maximum Gasteiger partial charge on any atom is 0.293 e. The summed E-state index contributed by atoms with van der Waals surface area (Å²) < 4.78 is 96.3. The van der Waals surface area contributed by atoms with Crippen molar-refractivity contribution in [1.82, 2.24) is 14.2 Å². The lowest BCUT2D eigenvalue weighted by atomic mass is 10.1. The topological polar surface area (TPSA) is 105 Å². The van der Waals surface area contributed by atoms with Crippen LogP contribution in [0.25, 0.3) is 10.9 Å². The Morgan fingerprint density at radius 2 is 1.68 bits per heavy atom. The van der Waals surface area contributed by atoms with Gasteiger partial charge in [0.25, 0.3) is 10.0 Å². The van der Waals surface area contributed by atoms with Gasteiger partial charge in [0.05, 0.1) is 27.4 Å². The van der Waals surface area contributed by atoms with Crippen LogP contribution >= 0.6 is 22.9 Å². The average Bonchev–Trinajstić information content (AvgIpc) is 3.31. The van der Waals surface area contributed by atoms with E-state index in [1.165, 1.54) is 26.0 Å². The molecule has 4 aromatic rings. The first-order chi connectivity index (χ1) is 19.3. The van der Waals surface area contributed by atoms with Crippen molar-refractivity contribution < 1.29 is 30.0 Å². The Labute approximate surface area is 243 Å². The molecule has 1 saturated carbocycles. The number of fused-ring (bicyclic) bond motifs is 1. The lowest BCUT2D eigenvalue weighted by Gasteiger charge is -2.43. The fraction of sp³-hybridized carbons (Fsp3) is 0.360. The molecule has 1 saturated heterocycles. The molecule has 0 bridgehead atoms. The number of thiophene rings is 1. The van der Waals surface area contributed by atoms with Crippen molar-refractivity contribution >= 4 is 65.3 Å². The van der Waals surface area contributed by atoms with Crippen LogP contribution in [0.2, 0.25) is 5.02 Å². The Kier molecular flexibility index (Phi) is 6.60. The number of aromatic nitrogens is 3. The summed E-state index contributed by atoms with van der Waals surface area (Å²) in [5.41, 5.74) is -0.952. The highest BCUT2D eigenvalue weighted by atomic mass is 35.5. The van der Waals surface area contributed by atoms with Gasteiger partial charge in [0.15, 0.2) is 33.1 Å². The highest BCUT2D eigenvalue weighted by molar-refractivity contribution is 7.95. The Balaban J connectivity index is 1.44. The van der Waals surface area contributed by atoms with Crippen molar-refractivity contribution in [3.63, 3.8) is 0 Å². The van der Waals surface area contributed by atoms with Crippen LogP contribution in [0.5, 0.6) is 0 Å². The molecule has 1 aliphatic carbocycles. The first-order valence-corrected chi connectivity index (χ1v) is 16.7. The van der Waals surface area contributed by atoms with Crippen molar-refractivity contribution in [1.29, 1.82) is 0 Å². The summed E-state index contributed by atoms with van der Waals surface area (Å²) in [5, 5.41) is 3.79. The molecule has 6 rings (SSSR count). The molecule has 0 atom stereocenters. The summed E-state index contributed by atoms with van der Waals surface area (Å²) in [5.74, 6) is -2.32. The third-order valence-corrected chi connectivity index (χ3v) is 13.6. The molecule has 3 aromatic heterocycles. The van der Waals surface area contributed by atoms with Gasteiger partial charge in [-0.05, 0) is 51.0 Å². The molecular formula is C25H23ClF3N5O4S3. The third-order valence-electron chi connectivity index (χ3n) is 7.44. The van der Waals surface area contributed by atoms with Crippen LogP contribution in [0.1, 0.15) is 26.7 Å². The fourth-order valence-electron chi connectivity index (χ4n) is 5.10. The molecule has 1 spiro atoms. The lowest BCUT2D eigenvalue weighted by molar-refractivity contribution is 0.489. The molecule has 41 heavy (non-hydrogen) atoms. The molecule has 4 heterocycles. The van der Waals surface area contributed by atoms with Gasteiger partial charge in [-0.1, -0.05) is 11.6 Å². The Hall–Kier alpha value is -2.88. The molecule has 218 valence electrons. The van der Waals surface area contributed by atoms with E-state index in [4.69, 9.17) is 11.6 Å². The van der Waals surface area contributed by atoms with E-state index < -0.39 is 48.1 Å². The minimum atomic E-state index is -4.54. The highest BCUT2D eigenvalue weighted by Gasteiger charge is 2.53. The second kappa shape index (κ2) is 9.57. The summed E-state index contributed by atoms with van der Waals surface area (Å²) in [4.78, 5) is 7.46. The van der Waals surface area contributed by atoms with Gasteiger partial charge in [0.2, 0.25) is 0 Å². The summed E-state index contributed by atoms with van der Waals surface area (Å²) in [7, 11) is -8.28. The van der Waals surface area contributed by atoms with Crippen molar-refractivity contribution in [3.05, 3.63) is 59.0 Å². The van der Waals surface area contributed by atoms with Crippen molar-refractivity contribution in [2.75, 3.05) is 29.4 Å². The van der Waals surface area contributed by atoms with Gasteiger partial charge in [0.1, 0.15) is 19.8 Å². The largest absolute Gasteiger partial charge is 0.350 e. The SMILES string of the molecule is CC(C)S(=O)(=O)c1ccc(S(=O)(=O)n2nc(N3CCN(c4ncc(F)cc4F)CC34CC4)c3c(Cl)ccc(F)c32)s1. The molecule has 0 unspecified atom stereocenters. The number of anilines is 2. The molecule has 0 radical (unpaired) electrons.